The van der Waals surface area contributed by atoms with Gasteiger partial charge in [-0.05, 0) is 87.4 Å². The Balaban J connectivity index is 1.23. The van der Waals surface area contributed by atoms with Crippen molar-refractivity contribution in [1.82, 2.24) is 0 Å². The Hall–Kier alpha value is -2.05. The van der Waals surface area contributed by atoms with Crippen LogP contribution in [0.4, 0.5) is 5.69 Å². The van der Waals surface area contributed by atoms with Gasteiger partial charge in [-0.2, -0.15) is 0 Å². The van der Waals surface area contributed by atoms with Gasteiger partial charge in [0, 0.05) is 55.8 Å². The first-order valence-corrected chi connectivity index (χ1v) is 18.6. The highest BCUT2D eigenvalue weighted by atomic mass is 32.2. The molecule has 1 aliphatic rings. The summed E-state index contributed by atoms with van der Waals surface area (Å²) in [7, 11) is -1.90. The van der Waals surface area contributed by atoms with Crippen LogP contribution in [0.15, 0.2) is 53.4 Å². The molecular weight excluding hydrogens is 619 g/mol. The summed E-state index contributed by atoms with van der Waals surface area (Å²) in [5.74, 6) is 0. The average Bonchev–Trinajstić information content (AvgIpc) is 3.69. The van der Waals surface area contributed by atoms with Crippen LogP contribution in [-0.2, 0) is 10.0 Å². The highest BCUT2D eigenvalue weighted by Gasteiger charge is 2.36. The molecule has 0 unspecified atom stereocenters. The van der Waals surface area contributed by atoms with E-state index in [-0.39, 0.29) is 0 Å². The Morgan fingerprint density at radius 1 is 0.538 bits per heavy atom. The topological polar surface area (TPSA) is 37.4 Å². The Kier molecular flexibility index (Phi) is 6.13. The van der Waals surface area contributed by atoms with E-state index < -0.39 is 10.0 Å². The summed E-state index contributed by atoms with van der Waals surface area (Å²) in [6.45, 7) is 8.54. The first kappa shape index (κ1) is 25.9. The molecule has 0 N–H and O–H groups in total. The fourth-order valence-corrected chi connectivity index (χ4v) is 13.8. The minimum Gasteiger partial charge on any atom is -0.268 e. The molecule has 198 valence electrons. The second kappa shape index (κ2) is 9.24. The van der Waals surface area contributed by atoms with Gasteiger partial charge in [-0.15, -0.1) is 68.0 Å². The van der Waals surface area contributed by atoms with Gasteiger partial charge in [0.05, 0.1) is 15.4 Å². The molecule has 0 fully saturated rings. The van der Waals surface area contributed by atoms with Crippen molar-refractivity contribution < 1.29 is 8.42 Å². The van der Waals surface area contributed by atoms with Crippen LogP contribution >= 0.6 is 68.0 Å². The van der Waals surface area contributed by atoms with Crippen molar-refractivity contribution >= 4 is 83.7 Å². The van der Waals surface area contributed by atoms with Gasteiger partial charge >= 0.3 is 0 Å². The Morgan fingerprint density at radius 3 is 1.69 bits per heavy atom. The van der Waals surface area contributed by atoms with Crippen LogP contribution < -0.4 is 4.31 Å². The van der Waals surface area contributed by atoms with E-state index >= 15 is 0 Å². The normalized spacial score (nSPS) is 14.1. The molecular formula is C29H23NO2S7. The maximum atomic E-state index is 13.3. The summed E-state index contributed by atoms with van der Waals surface area (Å²) < 4.78 is 28.0. The van der Waals surface area contributed by atoms with Crippen LogP contribution in [0.2, 0.25) is 0 Å². The number of hydrogen-bond acceptors (Lipinski definition) is 8. The molecule has 39 heavy (non-hydrogen) atoms. The number of anilines is 1. The number of nitrogens with zero attached hydrogens (tertiary/aromatic N) is 1. The lowest BCUT2D eigenvalue weighted by Crippen LogP contribution is -2.28. The monoisotopic (exact) mass is 641 g/mol. The molecule has 7 heterocycles. The van der Waals surface area contributed by atoms with Crippen LogP contribution in [0.25, 0.3) is 48.8 Å². The Labute approximate surface area is 252 Å². The molecule has 0 aliphatic carbocycles. The predicted octanol–water partition coefficient (Wildman–Crippen LogP) is 10.8. The van der Waals surface area contributed by atoms with Gasteiger partial charge in [0.15, 0.2) is 0 Å². The van der Waals surface area contributed by atoms with Gasteiger partial charge < -0.3 is 0 Å². The first-order chi connectivity index (χ1) is 18.6. The summed E-state index contributed by atoms with van der Waals surface area (Å²) in [6, 6.07) is 17.3. The molecule has 1 aliphatic heterocycles. The van der Waals surface area contributed by atoms with Gasteiger partial charge in [-0.3, -0.25) is 4.31 Å². The highest BCUT2D eigenvalue weighted by molar-refractivity contribution is 7.93. The van der Waals surface area contributed by atoms with E-state index in [0.29, 0.717) is 4.90 Å². The quantitative estimate of drug-likeness (QED) is 0.192. The molecule has 6 aromatic heterocycles. The molecule has 0 saturated carbocycles. The van der Waals surface area contributed by atoms with E-state index in [2.05, 4.69) is 57.2 Å². The fourth-order valence-electron chi connectivity index (χ4n) is 4.94. The lowest BCUT2D eigenvalue weighted by atomic mass is 10.2. The molecule has 7 rings (SSSR count). The van der Waals surface area contributed by atoms with Crippen LogP contribution in [0.5, 0.6) is 0 Å². The molecule has 3 nitrogen and oxygen atoms in total. The zero-order valence-electron chi connectivity index (χ0n) is 21.7. The van der Waals surface area contributed by atoms with E-state index in [0.717, 1.165) is 30.1 Å². The van der Waals surface area contributed by atoms with E-state index in [1.165, 1.54) is 49.6 Å². The van der Waals surface area contributed by atoms with Crippen molar-refractivity contribution in [3.05, 3.63) is 69.4 Å². The third-order valence-electron chi connectivity index (χ3n) is 6.82. The molecule has 10 heteroatoms. The lowest BCUT2D eigenvalue weighted by molar-refractivity contribution is 0.594. The fraction of sp³-hybridized carbons (Fsp3) is 0.172. The first-order valence-electron chi connectivity index (χ1n) is 12.2. The maximum Gasteiger partial charge on any atom is 0.265 e. The second-order valence-electron chi connectivity index (χ2n) is 9.67. The van der Waals surface area contributed by atoms with E-state index in [1.807, 2.05) is 53.1 Å². The molecule has 0 bridgehead atoms. The van der Waals surface area contributed by atoms with E-state index in [9.17, 15) is 8.42 Å². The molecule has 0 aromatic carbocycles. The summed E-state index contributed by atoms with van der Waals surface area (Å²) in [4.78, 5) is 14.7. The number of thiophene rings is 6. The van der Waals surface area contributed by atoms with E-state index in [4.69, 9.17) is 0 Å². The van der Waals surface area contributed by atoms with Crippen molar-refractivity contribution in [1.29, 1.82) is 0 Å². The number of rotatable bonds is 4. The zero-order valence-corrected chi connectivity index (χ0v) is 27.5. The van der Waals surface area contributed by atoms with Crippen LogP contribution in [0, 0.1) is 27.7 Å². The maximum absolute atomic E-state index is 13.3. The molecule has 6 aromatic rings. The smallest absolute Gasteiger partial charge is 0.265 e. The molecule has 0 radical (unpaired) electrons. The van der Waals surface area contributed by atoms with Crippen LogP contribution in [-0.4, -0.2) is 15.5 Å². The number of aryl methyl sites for hydroxylation is 4. The SMILES string of the molecule is Cc1cc(C)c(-c2ccc(-c3ccc(-c4sc(-c5cc6c(s5)-c5sc(C)cc5N(C)S6(=O)=O)cc4C)s3)s2)s1. The Morgan fingerprint density at radius 2 is 1.05 bits per heavy atom. The van der Waals surface area contributed by atoms with Crippen molar-refractivity contribution in [2.24, 2.45) is 0 Å². The largest absolute Gasteiger partial charge is 0.268 e. The summed E-state index contributed by atoms with van der Waals surface area (Å²) >= 11 is 10.6. The van der Waals surface area contributed by atoms with Crippen molar-refractivity contribution in [2.45, 2.75) is 32.6 Å². The molecule has 0 atom stereocenters. The Bertz CT molecular complexity index is 2000. The second-order valence-corrected chi connectivity index (χ2v) is 18.4. The van der Waals surface area contributed by atoms with Gasteiger partial charge in [-0.1, -0.05) is 0 Å². The minimum atomic E-state index is -3.55. The molecule has 0 saturated heterocycles. The third-order valence-corrected chi connectivity index (χ3v) is 16.4. The van der Waals surface area contributed by atoms with Gasteiger partial charge in [0.25, 0.3) is 10.0 Å². The van der Waals surface area contributed by atoms with Crippen molar-refractivity contribution in [3.8, 4) is 48.8 Å². The number of hydrogen-bond donors (Lipinski definition) is 0. The van der Waals surface area contributed by atoms with Gasteiger partial charge in [0.1, 0.15) is 4.90 Å². The molecule has 0 amide bonds. The third kappa shape index (κ3) is 4.15. The predicted molar refractivity (Wildman–Crippen MR) is 175 cm³/mol. The summed E-state index contributed by atoms with van der Waals surface area (Å²) in [5.41, 5.74) is 3.35. The average molecular weight is 642 g/mol. The van der Waals surface area contributed by atoms with E-state index in [1.54, 1.807) is 41.1 Å². The number of fused-ring (bicyclic) bond motifs is 3. The minimum absolute atomic E-state index is 0.426. The van der Waals surface area contributed by atoms with Gasteiger partial charge in [0.2, 0.25) is 0 Å². The van der Waals surface area contributed by atoms with Crippen molar-refractivity contribution in [3.63, 3.8) is 0 Å². The van der Waals surface area contributed by atoms with Crippen molar-refractivity contribution in [2.75, 3.05) is 11.4 Å². The summed E-state index contributed by atoms with van der Waals surface area (Å²) in [6.07, 6.45) is 0. The van der Waals surface area contributed by atoms with Gasteiger partial charge in [-0.25, -0.2) is 8.42 Å². The lowest BCUT2D eigenvalue weighted by Gasteiger charge is -2.24. The standard InChI is InChI=1S/C29H23NO2S7/c1-14-10-16(3)33-26(14)21-8-6-19(35-21)20-7-9-22(36-20)27-15(2)11-23(37-27)24-13-25-29(38-24)28-18(12-17(4)34-28)30(5)39(25,31)32/h6-13H,1-5H3. The number of sulfonamides is 1. The van der Waals surface area contributed by atoms with Crippen LogP contribution in [0.1, 0.15) is 20.9 Å². The summed E-state index contributed by atoms with van der Waals surface area (Å²) in [5, 5.41) is 0. The zero-order chi connectivity index (χ0) is 27.2. The highest BCUT2D eigenvalue weighted by Crippen LogP contribution is 2.54. The molecule has 0 spiro atoms. The van der Waals surface area contributed by atoms with Crippen LogP contribution in [0.3, 0.4) is 0 Å².